The molecule has 6 nitrogen and oxygen atoms in total. The maximum absolute atomic E-state index is 16.5. The molecule has 2 unspecified atom stereocenters. The molecular weight excluding hydrogens is 576 g/mol. The minimum absolute atomic E-state index is 0.109. The van der Waals surface area contributed by atoms with E-state index in [0.29, 0.717) is 34.6 Å². The standard InChI is InChI=1S/C28H29F2N5OS.C7H12/c1-13(2)22-18(9-33-16(5)35-7-6-14(3)15(35)4)19-11-36-12-20(19)23(25(22)30)26-24-17(8-31)28(32)37-27(24)21(29)10-34-26;1-2-7-3-6(4-7)5-7/h9-10,14-15H,6-7,11-12,32H2,1-5H3;6H,2-5H2,1H3/b18-9-,33-16?;. The van der Waals surface area contributed by atoms with Gasteiger partial charge in [0.2, 0.25) is 0 Å². The smallest absolute Gasteiger partial charge is 0.159 e. The number of ether oxygens (including phenoxy) is 1. The third-order valence-electron chi connectivity index (χ3n) is 10.6. The summed E-state index contributed by atoms with van der Waals surface area (Å²) in [6, 6.07) is 2.44. The summed E-state index contributed by atoms with van der Waals surface area (Å²) in [5.41, 5.74) is 9.70. The van der Waals surface area contributed by atoms with Crippen molar-refractivity contribution in [2.45, 2.75) is 92.9 Å². The van der Waals surface area contributed by atoms with Crippen LogP contribution < -0.4 is 16.2 Å². The fourth-order valence-electron chi connectivity index (χ4n) is 7.56. The first-order valence-corrected chi connectivity index (χ1v) is 16.5. The number of anilines is 1. The number of hydrogen-bond acceptors (Lipinski definition) is 6. The maximum atomic E-state index is 16.5. The Morgan fingerprint density at radius 3 is 2.48 bits per heavy atom. The first kappa shape index (κ1) is 30.7. The molecule has 2 N–H and O–H groups in total. The van der Waals surface area contributed by atoms with Crippen LogP contribution in [0, 0.1) is 40.2 Å². The van der Waals surface area contributed by atoms with Gasteiger partial charge in [0.25, 0.3) is 0 Å². The van der Waals surface area contributed by atoms with E-state index in [2.05, 4.69) is 30.7 Å². The van der Waals surface area contributed by atoms with Gasteiger partial charge in [0, 0.05) is 40.2 Å². The molecule has 2 aromatic heterocycles. The minimum atomic E-state index is -0.594. The number of aromatic nitrogens is 1. The van der Waals surface area contributed by atoms with Crippen molar-refractivity contribution in [3.8, 4) is 17.3 Å². The number of likely N-dealkylation sites (tertiary alicyclic amines) is 1. The topological polar surface area (TPSA) is 87.5 Å². The quantitative estimate of drug-likeness (QED) is 0.253. The van der Waals surface area contributed by atoms with E-state index in [1.807, 2.05) is 26.8 Å². The predicted molar refractivity (Wildman–Crippen MR) is 174 cm³/mol. The van der Waals surface area contributed by atoms with Crippen LogP contribution >= 0.6 is 11.3 Å². The van der Waals surface area contributed by atoms with Crippen LogP contribution in [0.4, 0.5) is 13.8 Å². The lowest BCUT2D eigenvalue weighted by Gasteiger charge is -2.62. The highest BCUT2D eigenvalue weighted by Crippen LogP contribution is 2.66. The fraction of sp³-hybridized carbons (Fsp3) is 0.514. The van der Waals surface area contributed by atoms with Crippen LogP contribution in [0.15, 0.2) is 11.2 Å². The number of hydrogen-bond donors (Lipinski definition) is 1. The van der Waals surface area contributed by atoms with Gasteiger partial charge in [0.05, 0.1) is 35.4 Å². The normalized spacial score (nSPS) is 25.7. The molecular formula is C35H41F2N5OS. The van der Waals surface area contributed by atoms with E-state index >= 15 is 4.39 Å². The summed E-state index contributed by atoms with van der Waals surface area (Å²) < 4.78 is 37.2. The van der Waals surface area contributed by atoms with Crippen LogP contribution in [0.1, 0.15) is 90.3 Å². The minimum Gasteiger partial charge on any atom is -0.389 e. The number of halogens is 2. The van der Waals surface area contributed by atoms with E-state index in [4.69, 9.17) is 15.5 Å². The van der Waals surface area contributed by atoms with E-state index in [-0.39, 0.29) is 38.5 Å². The zero-order valence-corrected chi connectivity index (χ0v) is 27.3. The third-order valence-corrected chi connectivity index (χ3v) is 11.6. The van der Waals surface area contributed by atoms with Crippen molar-refractivity contribution in [3.63, 3.8) is 0 Å². The number of nitrogens with zero attached hydrogens (tertiary/aromatic N) is 4. The van der Waals surface area contributed by atoms with Gasteiger partial charge in [-0.3, -0.25) is 4.98 Å². The number of nitrogens with two attached hydrogens (primary N) is 1. The number of pyridine rings is 1. The fourth-order valence-corrected chi connectivity index (χ4v) is 8.48. The summed E-state index contributed by atoms with van der Waals surface area (Å²) in [6.45, 7) is 13.9. The molecule has 0 spiro atoms. The van der Waals surface area contributed by atoms with Gasteiger partial charge in [-0.2, -0.15) is 5.26 Å². The number of thiophene rings is 1. The van der Waals surface area contributed by atoms with Gasteiger partial charge < -0.3 is 15.4 Å². The highest BCUT2D eigenvalue weighted by Gasteiger charge is 2.54. The molecule has 232 valence electrons. The summed E-state index contributed by atoms with van der Waals surface area (Å²) in [4.78, 5) is 11.3. The van der Waals surface area contributed by atoms with Crippen LogP contribution in [0.25, 0.3) is 33.1 Å². The van der Waals surface area contributed by atoms with Crippen LogP contribution in [0.2, 0.25) is 0 Å². The monoisotopic (exact) mass is 617 g/mol. The van der Waals surface area contributed by atoms with Gasteiger partial charge in [0.15, 0.2) is 5.82 Å². The van der Waals surface area contributed by atoms with Crippen molar-refractivity contribution in [2.75, 3.05) is 12.3 Å². The lowest BCUT2D eigenvalue weighted by Crippen LogP contribution is -2.50. The summed E-state index contributed by atoms with van der Waals surface area (Å²) >= 11 is 0.968. The highest BCUT2D eigenvalue weighted by molar-refractivity contribution is 7.23. The third kappa shape index (κ3) is 4.91. The molecule has 8 rings (SSSR count). The summed E-state index contributed by atoms with van der Waals surface area (Å²) in [6.07, 6.45) is 10.1. The molecule has 2 bridgehead atoms. The number of aliphatic imine (C=N–C) groups is 1. The van der Waals surface area contributed by atoms with Crippen LogP contribution in [0.5, 0.6) is 0 Å². The van der Waals surface area contributed by atoms with Crippen molar-refractivity contribution in [3.05, 3.63) is 45.0 Å². The van der Waals surface area contributed by atoms with Crippen molar-refractivity contribution < 1.29 is 13.5 Å². The van der Waals surface area contributed by atoms with Crippen LogP contribution in [0.3, 0.4) is 0 Å². The average molecular weight is 618 g/mol. The van der Waals surface area contributed by atoms with Crippen molar-refractivity contribution in [1.82, 2.24) is 9.88 Å². The number of amidine groups is 1. The second-order valence-corrected chi connectivity index (χ2v) is 14.4. The SMILES string of the molecule is CC(=N/C=c1/c2c(c(-c3ncc(F)c4sc(N)c(C#N)c34)c(F)c1=C(C)C)COC2)N1CCC(C)C1C.CCC12CC(C1)C2. The van der Waals surface area contributed by atoms with Gasteiger partial charge in [-0.25, -0.2) is 13.8 Å². The maximum Gasteiger partial charge on any atom is 0.159 e. The first-order chi connectivity index (χ1) is 21.0. The zero-order chi connectivity index (χ0) is 31.5. The number of fused-ring (bicyclic) bond motifs is 2. The Morgan fingerprint density at radius 1 is 1.23 bits per heavy atom. The number of nitriles is 1. The molecule has 3 saturated carbocycles. The van der Waals surface area contributed by atoms with Gasteiger partial charge in [-0.05, 0) is 81.8 Å². The largest absolute Gasteiger partial charge is 0.389 e. The molecule has 3 aromatic rings. The van der Waals surface area contributed by atoms with Crippen molar-refractivity contribution in [1.29, 1.82) is 5.26 Å². The highest BCUT2D eigenvalue weighted by atomic mass is 32.1. The Morgan fingerprint density at radius 2 is 1.93 bits per heavy atom. The van der Waals surface area contributed by atoms with Crippen LogP contribution in [-0.2, 0) is 18.0 Å². The summed E-state index contributed by atoms with van der Waals surface area (Å²) in [5, 5.41) is 11.3. The first-order valence-electron chi connectivity index (χ1n) is 15.7. The summed E-state index contributed by atoms with van der Waals surface area (Å²) in [7, 11) is 0. The van der Waals surface area contributed by atoms with Crippen molar-refractivity contribution in [2.24, 2.45) is 22.2 Å². The van der Waals surface area contributed by atoms with Gasteiger partial charge in [-0.1, -0.05) is 25.8 Å². The van der Waals surface area contributed by atoms with E-state index in [9.17, 15) is 9.65 Å². The second kappa shape index (κ2) is 11.5. The van der Waals surface area contributed by atoms with E-state index in [1.165, 1.54) is 12.3 Å². The van der Waals surface area contributed by atoms with Gasteiger partial charge in [0.1, 0.15) is 22.7 Å². The summed E-state index contributed by atoms with van der Waals surface area (Å²) in [5.74, 6) is 1.58. The molecule has 4 heterocycles. The molecule has 44 heavy (non-hydrogen) atoms. The Labute approximate surface area is 261 Å². The van der Waals surface area contributed by atoms with Gasteiger partial charge in [-0.15, -0.1) is 11.3 Å². The van der Waals surface area contributed by atoms with E-state index in [1.54, 1.807) is 25.5 Å². The average Bonchev–Trinajstić information content (AvgIpc) is 3.64. The zero-order valence-electron chi connectivity index (χ0n) is 26.5. The molecule has 9 heteroatoms. The van der Waals surface area contributed by atoms with Gasteiger partial charge >= 0.3 is 0 Å². The Hall–Kier alpha value is -3.35. The lowest BCUT2D eigenvalue weighted by molar-refractivity contribution is -0.108. The molecule has 2 atom stereocenters. The molecule has 4 fully saturated rings. The molecule has 0 amide bonds. The molecule has 3 aliphatic carbocycles. The van der Waals surface area contributed by atoms with Crippen LogP contribution in [-0.4, -0.2) is 28.3 Å². The number of benzene rings is 1. The molecule has 0 radical (unpaired) electrons. The molecule has 5 aliphatic rings. The number of nitrogen functional groups attached to an aromatic ring is 1. The second-order valence-electron chi connectivity index (χ2n) is 13.4. The number of rotatable bonds is 3. The van der Waals surface area contributed by atoms with E-state index < -0.39 is 11.6 Å². The molecule has 1 saturated heterocycles. The Bertz CT molecular complexity index is 1830. The molecule has 1 aromatic carbocycles. The predicted octanol–water partition coefficient (Wildman–Crippen LogP) is 7.00. The van der Waals surface area contributed by atoms with Crippen molar-refractivity contribution >= 4 is 44.0 Å². The Balaban J connectivity index is 0.000000425. The molecule has 2 aliphatic heterocycles. The lowest BCUT2D eigenvalue weighted by atomic mass is 9.43. The Kier molecular flexibility index (Phi) is 8.04. The van der Waals surface area contributed by atoms with E-state index in [0.717, 1.165) is 52.9 Å².